The maximum Gasteiger partial charge on any atom is 0.191 e. The average Bonchev–Trinajstić information content (AvgIpc) is 3.28. The van der Waals surface area contributed by atoms with Crippen LogP contribution in [0.2, 0.25) is 0 Å². The average molecular weight is 533 g/mol. The molecular weight excluding hydrogens is 501 g/mol. The Morgan fingerprint density at radius 1 is 1.00 bits per heavy atom. The molecule has 0 aliphatic heterocycles. The molecule has 1 aromatic heterocycles. The number of guanidine groups is 1. The molecule has 7 heteroatoms. The Morgan fingerprint density at radius 3 is 2.48 bits per heavy atom. The van der Waals surface area contributed by atoms with Crippen molar-refractivity contribution < 1.29 is 4.74 Å². The Kier molecular flexibility index (Phi) is 10.9. The van der Waals surface area contributed by atoms with Crippen LogP contribution in [0, 0.1) is 6.92 Å². The summed E-state index contributed by atoms with van der Waals surface area (Å²) >= 11 is 0. The highest BCUT2D eigenvalue weighted by atomic mass is 127. The van der Waals surface area contributed by atoms with Gasteiger partial charge in [-0.2, -0.15) is 5.10 Å². The Balaban J connectivity index is 0.00000341. The topological polar surface area (TPSA) is 63.5 Å². The smallest absolute Gasteiger partial charge is 0.191 e. The van der Waals surface area contributed by atoms with E-state index < -0.39 is 0 Å². The van der Waals surface area contributed by atoms with Crippen LogP contribution in [0.15, 0.2) is 72.0 Å². The van der Waals surface area contributed by atoms with Crippen molar-refractivity contribution in [1.82, 2.24) is 20.4 Å². The van der Waals surface area contributed by atoms with E-state index in [0.717, 1.165) is 44.2 Å². The molecule has 0 aliphatic carbocycles. The molecule has 3 rings (SSSR count). The Bertz CT molecular complexity index is 910. The number of hydrogen-bond acceptors (Lipinski definition) is 3. The van der Waals surface area contributed by atoms with E-state index in [1.54, 1.807) is 13.2 Å². The summed E-state index contributed by atoms with van der Waals surface area (Å²) in [6.45, 7) is 5.13. The minimum atomic E-state index is 0. The van der Waals surface area contributed by atoms with E-state index in [9.17, 15) is 0 Å². The van der Waals surface area contributed by atoms with Gasteiger partial charge in [-0.25, -0.2) is 0 Å². The van der Waals surface area contributed by atoms with Crippen molar-refractivity contribution >= 4 is 29.9 Å². The molecular formula is C24H32IN5O. The second-order valence-electron chi connectivity index (χ2n) is 7.19. The third kappa shape index (κ3) is 8.61. The summed E-state index contributed by atoms with van der Waals surface area (Å²) < 4.78 is 7.71. The minimum Gasteiger partial charge on any atom is -0.494 e. The van der Waals surface area contributed by atoms with Gasteiger partial charge in [-0.15, -0.1) is 24.0 Å². The van der Waals surface area contributed by atoms with Crippen molar-refractivity contribution in [1.29, 1.82) is 0 Å². The number of rotatable bonds is 10. The number of aryl methyl sites for hydroxylation is 1. The fraction of sp³-hybridized carbons (Fsp3) is 0.333. The monoisotopic (exact) mass is 533 g/mol. The largest absolute Gasteiger partial charge is 0.494 e. The lowest BCUT2D eigenvalue weighted by Crippen LogP contribution is -2.37. The number of ether oxygens (including phenoxy) is 1. The van der Waals surface area contributed by atoms with Crippen LogP contribution in [-0.4, -0.2) is 35.9 Å². The molecule has 2 aromatic carbocycles. The van der Waals surface area contributed by atoms with Gasteiger partial charge in [0, 0.05) is 32.5 Å². The molecule has 0 saturated carbocycles. The van der Waals surface area contributed by atoms with Gasteiger partial charge in [-0.3, -0.25) is 9.67 Å². The van der Waals surface area contributed by atoms with Gasteiger partial charge in [0.15, 0.2) is 5.96 Å². The highest BCUT2D eigenvalue weighted by Gasteiger charge is 2.04. The first-order valence-corrected chi connectivity index (χ1v) is 10.4. The maximum absolute atomic E-state index is 5.78. The first kappa shape index (κ1) is 24.7. The van der Waals surface area contributed by atoms with Crippen LogP contribution in [-0.2, 0) is 13.1 Å². The Labute approximate surface area is 202 Å². The van der Waals surface area contributed by atoms with Gasteiger partial charge in [-0.1, -0.05) is 42.0 Å². The summed E-state index contributed by atoms with van der Waals surface area (Å²) in [5.41, 5.74) is 3.73. The predicted molar refractivity (Wildman–Crippen MR) is 137 cm³/mol. The van der Waals surface area contributed by atoms with E-state index in [0.29, 0.717) is 6.54 Å². The van der Waals surface area contributed by atoms with E-state index in [-0.39, 0.29) is 24.0 Å². The Hall–Kier alpha value is -2.55. The number of aliphatic imine (C=N–C) groups is 1. The number of aromatic nitrogens is 2. The Morgan fingerprint density at radius 2 is 1.77 bits per heavy atom. The lowest BCUT2D eigenvalue weighted by atomic mass is 10.1. The van der Waals surface area contributed by atoms with Crippen LogP contribution in [0.25, 0.3) is 0 Å². The quantitative estimate of drug-likeness (QED) is 0.176. The van der Waals surface area contributed by atoms with Crippen LogP contribution >= 0.6 is 24.0 Å². The molecule has 0 atom stereocenters. The molecule has 2 N–H and O–H groups in total. The third-order valence-corrected chi connectivity index (χ3v) is 4.83. The highest BCUT2D eigenvalue weighted by Crippen LogP contribution is 2.12. The van der Waals surface area contributed by atoms with Gasteiger partial charge >= 0.3 is 0 Å². The van der Waals surface area contributed by atoms with Gasteiger partial charge in [-0.05, 0) is 49.1 Å². The number of hydrogen-bond donors (Lipinski definition) is 2. The van der Waals surface area contributed by atoms with Crippen molar-refractivity contribution in [2.24, 2.45) is 4.99 Å². The molecule has 166 valence electrons. The zero-order chi connectivity index (χ0) is 21.0. The number of nitrogens with one attached hydrogen (secondary N) is 2. The first-order chi connectivity index (χ1) is 14.7. The molecule has 0 aliphatic rings. The summed E-state index contributed by atoms with van der Waals surface area (Å²) in [7, 11) is 1.80. The summed E-state index contributed by atoms with van der Waals surface area (Å²) in [6, 6.07) is 18.5. The molecule has 0 radical (unpaired) electrons. The molecule has 0 unspecified atom stereocenters. The second kappa shape index (κ2) is 13.7. The molecule has 3 aromatic rings. The van der Waals surface area contributed by atoms with Crippen LogP contribution in [0.4, 0.5) is 0 Å². The highest BCUT2D eigenvalue weighted by molar-refractivity contribution is 14.0. The van der Waals surface area contributed by atoms with E-state index >= 15 is 0 Å². The fourth-order valence-electron chi connectivity index (χ4n) is 3.11. The van der Waals surface area contributed by atoms with E-state index in [4.69, 9.17) is 4.74 Å². The van der Waals surface area contributed by atoms with Crippen molar-refractivity contribution in [3.05, 3.63) is 83.7 Å². The van der Waals surface area contributed by atoms with Crippen LogP contribution in [0.5, 0.6) is 5.75 Å². The number of unbranched alkanes of at least 4 members (excludes halogenated alkanes) is 1. The summed E-state index contributed by atoms with van der Waals surface area (Å²) in [6.07, 6.45) is 5.79. The van der Waals surface area contributed by atoms with E-state index in [1.807, 2.05) is 29.1 Å². The van der Waals surface area contributed by atoms with Crippen molar-refractivity contribution in [2.75, 3.05) is 20.2 Å². The lowest BCUT2D eigenvalue weighted by Gasteiger charge is -2.14. The minimum absolute atomic E-state index is 0. The third-order valence-electron chi connectivity index (χ3n) is 4.83. The second-order valence-corrected chi connectivity index (χ2v) is 7.19. The fourth-order valence-corrected chi connectivity index (χ4v) is 3.11. The molecule has 0 saturated heterocycles. The van der Waals surface area contributed by atoms with Crippen molar-refractivity contribution in [3.63, 3.8) is 0 Å². The molecule has 1 heterocycles. The van der Waals surface area contributed by atoms with Crippen LogP contribution in [0.3, 0.4) is 0 Å². The first-order valence-electron chi connectivity index (χ1n) is 10.4. The van der Waals surface area contributed by atoms with Crippen molar-refractivity contribution in [3.8, 4) is 5.75 Å². The summed E-state index contributed by atoms with van der Waals surface area (Å²) in [5.74, 6) is 1.74. The summed E-state index contributed by atoms with van der Waals surface area (Å²) in [4.78, 5) is 4.33. The molecule has 0 spiro atoms. The number of halogens is 1. The maximum atomic E-state index is 5.78. The molecule has 0 bridgehead atoms. The molecule has 6 nitrogen and oxygen atoms in total. The molecule has 31 heavy (non-hydrogen) atoms. The number of benzene rings is 2. The standard InChI is InChI=1S/C24H31N5O.HI/c1-20-10-12-23(13-11-20)30-17-6-5-14-26-24(25-2)27-18-21-8-3-4-9-22(21)19-29-16-7-15-28-29;/h3-4,7-13,15-16H,5-6,14,17-19H2,1-2H3,(H2,25,26,27);1H. The lowest BCUT2D eigenvalue weighted by molar-refractivity contribution is 0.307. The van der Waals surface area contributed by atoms with Gasteiger partial charge in [0.25, 0.3) is 0 Å². The van der Waals surface area contributed by atoms with E-state index in [2.05, 4.69) is 64.0 Å². The molecule has 0 fully saturated rings. The van der Waals surface area contributed by atoms with Crippen LogP contribution in [0.1, 0.15) is 29.5 Å². The van der Waals surface area contributed by atoms with Crippen molar-refractivity contribution in [2.45, 2.75) is 32.9 Å². The normalized spacial score (nSPS) is 11.0. The van der Waals surface area contributed by atoms with E-state index in [1.165, 1.54) is 16.7 Å². The van der Waals surface area contributed by atoms with Gasteiger partial charge < -0.3 is 15.4 Å². The summed E-state index contributed by atoms with van der Waals surface area (Å²) in [5, 5.41) is 11.1. The van der Waals surface area contributed by atoms with Gasteiger partial charge in [0.1, 0.15) is 5.75 Å². The van der Waals surface area contributed by atoms with Gasteiger partial charge in [0.2, 0.25) is 0 Å². The van der Waals surface area contributed by atoms with Gasteiger partial charge in [0.05, 0.1) is 13.2 Å². The zero-order valence-corrected chi connectivity index (χ0v) is 20.6. The van der Waals surface area contributed by atoms with Crippen LogP contribution < -0.4 is 15.4 Å². The molecule has 0 amide bonds. The SMILES string of the molecule is CN=C(NCCCCOc1ccc(C)cc1)NCc1ccccc1Cn1cccn1.I. The number of nitrogens with zero attached hydrogens (tertiary/aromatic N) is 3. The predicted octanol–water partition coefficient (Wildman–Crippen LogP) is 4.38. The zero-order valence-electron chi connectivity index (χ0n) is 18.3.